The topological polar surface area (TPSA) is 85.1 Å². The Labute approximate surface area is 178 Å². The van der Waals surface area contributed by atoms with Gasteiger partial charge in [0.05, 0.1) is 5.69 Å². The quantitative estimate of drug-likeness (QED) is 0.478. The summed E-state index contributed by atoms with van der Waals surface area (Å²) in [5.41, 5.74) is 5.34. The minimum atomic E-state index is -0.156. The van der Waals surface area contributed by atoms with Gasteiger partial charge in [0.2, 0.25) is 5.82 Å². The molecule has 31 heavy (non-hydrogen) atoms. The molecule has 2 aromatic carbocycles. The van der Waals surface area contributed by atoms with Crippen molar-refractivity contribution in [3.05, 3.63) is 96.2 Å². The summed E-state index contributed by atoms with van der Waals surface area (Å²) >= 11 is 0. The van der Waals surface area contributed by atoms with Gasteiger partial charge in [-0.05, 0) is 55.5 Å². The molecule has 0 aliphatic rings. The summed E-state index contributed by atoms with van der Waals surface area (Å²) in [6.45, 7) is 1.99. The second-order valence-electron chi connectivity index (χ2n) is 7.13. The minimum absolute atomic E-state index is 0.156. The van der Waals surface area contributed by atoms with Gasteiger partial charge < -0.3 is 5.32 Å². The number of hydrogen-bond acceptors (Lipinski definition) is 5. The van der Waals surface area contributed by atoms with Crippen LogP contribution in [0.3, 0.4) is 0 Å². The van der Waals surface area contributed by atoms with Gasteiger partial charge in [0, 0.05) is 23.0 Å². The van der Waals surface area contributed by atoms with E-state index in [-0.39, 0.29) is 5.91 Å². The van der Waals surface area contributed by atoms with Crippen molar-refractivity contribution in [3.8, 4) is 22.8 Å². The Bertz CT molecular complexity index is 1380. The van der Waals surface area contributed by atoms with Crippen molar-refractivity contribution in [3.63, 3.8) is 0 Å². The minimum Gasteiger partial charge on any atom is -0.322 e. The number of aromatic nitrogens is 5. The van der Waals surface area contributed by atoms with E-state index >= 15 is 0 Å². The van der Waals surface area contributed by atoms with Crippen LogP contribution in [0.5, 0.6) is 0 Å². The third-order valence-corrected chi connectivity index (χ3v) is 4.89. The number of hydrogen-bond donors (Lipinski definition) is 1. The number of amides is 1. The molecule has 1 amide bonds. The van der Waals surface area contributed by atoms with E-state index in [1.54, 1.807) is 10.7 Å². The van der Waals surface area contributed by atoms with Gasteiger partial charge in [-0.3, -0.25) is 9.78 Å². The average molecular weight is 406 g/mol. The first kappa shape index (κ1) is 18.6. The Hall–Kier alpha value is -4.39. The molecule has 0 saturated heterocycles. The highest BCUT2D eigenvalue weighted by Gasteiger charge is 2.12. The van der Waals surface area contributed by atoms with E-state index in [0.717, 1.165) is 16.8 Å². The molecule has 0 unspecified atom stereocenters. The number of carbonyl (C=O) groups is 1. The third-order valence-electron chi connectivity index (χ3n) is 4.89. The lowest BCUT2D eigenvalue weighted by Crippen LogP contribution is -2.11. The molecule has 1 N–H and O–H groups in total. The van der Waals surface area contributed by atoms with Crippen LogP contribution in [-0.4, -0.2) is 30.7 Å². The summed E-state index contributed by atoms with van der Waals surface area (Å²) in [6, 6.07) is 24.4. The lowest BCUT2D eigenvalue weighted by Gasteiger charge is -2.08. The second-order valence-corrected chi connectivity index (χ2v) is 7.13. The zero-order valence-corrected chi connectivity index (χ0v) is 16.7. The molecule has 0 bridgehead atoms. The molecule has 0 spiro atoms. The van der Waals surface area contributed by atoms with Crippen LogP contribution in [-0.2, 0) is 0 Å². The Morgan fingerprint density at radius 1 is 0.871 bits per heavy atom. The van der Waals surface area contributed by atoms with Crippen LogP contribution in [0.25, 0.3) is 28.4 Å². The van der Waals surface area contributed by atoms with E-state index < -0.39 is 0 Å². The van der Waals surface area contributed by atoms with E-state index in [4.69, 9.17) is 5.10 Å². The summed E-state index contributed by atoms with van der Waals surface area (Å²) in [5.74, 6) is 0.415. The SMILES string of the molecule is Cc1ccc(C(=O)Nc2cccc(-c3ccc4nnc(-c5ccccn5)n4n3)c2)cc1. The number of nitrogens with zero attached hydrogens (tertiary/aromatic N) is 5. The molecule has 7 nitrogen and oxygen atoms in total. The molecular weight excluding hydrogens is 388 g/mol. The van der Waals surface area contributed by atoms with Crippen molar-refractivity contribution in [1.29, 1.82) is 0 Å². The molecule has 0 radical (unpaired) electrons. The number of anilines is 1. The third kappa shape index (κ3) is 3.76. The summed E-state index contributed by atoms with van der Waals surface area (Å²) in [5, 5.41) is 16.1. The summed E-state index contributed by atoms with van der Waals surface area (Å²) in [6.07, 6.45) is 1.71. The molecule has 0 saturated carbocycles. The van der Waals surface area contributed by atoms with E-state index in [1.165, 1.54) is 0 Å². The lowest BCUT2D eigenvalue weighted by molar-refractivity contribution is 0.102. The van der Waals surface area contributed by atoms with Crippen molar-refractivity contribution >= 4 is 17.2 Å². The summed E-state index contributed by atoms with van der Waals surface area (Å²) in [4.78, 5) is 16.9. The fourth-order valence-corrected chi connectivity index (χ4v) is 3.26. The first-order valence-corrected chi connectivity index (χ1v) is 9.80. The Kier molecular flexibility index (Phi) is 4.68. The number of rotatable bonds is 4. The first-order chi connectivity index (χ1) is 15.2. The zero-order chi connectivity index (χ0) is 21.2. The normalized spacial score (nSPS) is 10.9. The fraction of sp³-hybridized carbons (Fsp3) is 0.0417. The second kappa shape index (κ2) is 7.79. The van der Waals surface area contributed by atoms with Crippen molar-refractivity contribution in [2.24, 2.45) is 0 Å². The fourth-order valence-electron chi connectivity index (χ4n) is 3.26. The molecular formula is C24H18N6O. The summed E-state index contributed by atoms with van der Waals surface area (Å²) < 4.78 is 1.68. The number of fused-ring (bicyclic) bond motifs is 1. The highest BCUT2D eigenvalue weighted by Crippen LogP contribution is 2.23. The largest absolute Gasteiger partial charge is 0.322 e. The number of carbonyl (C=O) groups excluding carboxylic acids is 1. The molecule has 0 aliphatic carbocycles. The molecule has 3 heterocycles. The highest BCUT2D eigenvalue weighted by atomic mass is 16.1. The van der Waals surface area contributed by atoms with Crippen LogP contribution >= 0.6 is 0 Å². The Balaban J connectivity index is 1.46. The van der Waals surface area contributed by atoms with Gasteiger partial charge >= 0.3 is 0 Å². The number of benzene rings is 2. The van der Waals surface area contributed by atoms with Crippen molar-refractivity contribution in [2.75, 3.05) is 5.32 Å². The molecule has 0 fully saturated rings. The Morgan fingerprint density at radius 2 is 1.74 bits per heavy atom. The predicted octanol–water partition coefficient (Wildman–Crippen LogP) is 4.41. The molecule has 150 valence electrons. The maximum atomic E-state index is 12.6. The monoisotopic (exact) mass is 406 g/mol. The maximum absolute atomic E-state index is 12.6. The van der Waals surface area contributed by atoms with Gasteiger partial charge in [-0.25, -0.2) is 0 Å². The smallest absolute Gasteiger partial charge is 0.255 e. The van der Waals surface area contributed by atoms with E-state index in [9.17, 15) is 4.79 Å². The van der Waals surface area contributed by atoms with Gasteiger partial charge in [0.1, 0.15) is 5.69 Å². The van der Waals surface area contributed by atoms with Crippen LogP contribution in [0.2, 0.25) is 0 Å². The van der Waals surface area contributed by atoms with Crippen LogP contribution in [0, 0.1) is 6.92 Å². The van der Waals surface area contributed by atoms with E-state index in [1.807, 2.05) is 85.8 Å². The van der Waals surface area contributed by atoms with Crippen LogP contribution in [0.15, 0.2) is 85.1 Å². The first-order valence-electron chi connectivity index (χ1n) is 9.80. The van der Waals surface area contributed by atoms with Gasteiger partial charge in [-0.2, -0.15) is 9.61 Å². The average Bonchev–Trinajstić information content (AvgIpc) is 3.23. The number of nitrogens with one attached hydrogen (secondary N) is 1. The molecule has 0 atom stereocenters. The lowest BCUT2D eigenvalue weighted by atomic mass is 10.1. The number of aryl methyl sites for hydroxylation is 1. The maximum Gasteiger partial charge on any atom is 0.255 e. The Morgan fingerprint density at radius 3 is 2.55 bits per heavy atom. The highest BCUT2D eigenvalue weighted by molar-refractivity contribution is 6.04. The molecule has 7 heteroatoms. The van der Waals surface area contributed by atoms with Gasteiger partial charge in [0.25, 0.3) is 5.91 Å². The van der Waals surface area contributed by atoms with E-state index in [0.29, 0.717) is 28.4 Å². The molecule has 5 aromatic rings. The van der Waals surface area contributed by atoms with Crippen LogP contribution in [0.1, 0.15) is 15.9 Å². The molecule has 0 aliphatic heterocycles. The molecule has 5 rings (SSSR count). The summed E-state index contributed by atoms with van der Waals surface area (Å²) in [7, 11) is 0. The zero-order valence-electron chi connectivity index (χ0n) is 16.7. The predicted molar refractivity (Wildman–Crippen MR) is 119 cm³/mol. The van der Waals surface area contributed by atoms with Gasteiger partial charge in [-0.15, -0.1) is 10.2 Å². The van der Waals surface area contributed by atoms with E-state index in [2.05, 4.69) is 20.5 Å². The van der Waals surface area contributed by atoms with Gasteiger partial charge in [0.15, 0.2) is 5.65 Å². The van der Waals surface area contributed by atoms with Crippen molar-refractivity contribution < 1.29 is 4.79 Å². The standard InChI is InChI=1S/C24H18N6O/c1-16-8-10-17(11-9-16)24(31)26-19-6-4-5-18(15-19)20-12-13-22-27-28-23(30(22)29-20)21-7-2-3-14-25-21/h2-15H,1H3,(H,26,31). The van der Waals surface area contributed by atoms with Crippen molar-refractivity contribution in [2.45, 2.75) is 6.92 Å². The molecule has 3 aromatic heterocycles. The van der Waals surface area contributed by atoms with Crippen LogP contribution < -0.4 is 5.32 Å². The van der Waals surface area contributed by atoms with Crippen molar-refractivity contribution in [1.82, 2.24) is 24.8 Å². The van der Waals surface area contributed by atoms with Gasteiger partial charge in [-0.1, -0.05) is 35.9 Å². The number of pyridine rings is 1. The van der Waals surface area contributed by atoms with Crippen LogP contribution in [0.4, 0.5) is 5.69 Å².